The van der Waals surface area contributed by atoms with Gasteiger partial charge in [-0.25, -0.2) is 9.78 Å². The van der Waals surface area contributed by atoms with Crippen LogP contribution in [0.4, 0.5) is 10.6 Å². The van der Waals surface area contributed by atoms with E-state index in [4.69, 9.17) is 4.74 Å². The molecule has 1 unspecified atom stereocenters. The molecule has 0 radical (unpaired) electrons. The summed E-state index contributed by atoms with van der Waals surface area (Å²) in [5.41, 5.74) is 0.512. The Morgan fingerprint density at radius 3 is 2.59 bits per heavy atom. The van der Waals surface area contributed by atoms with Gasteiger partial charge in [-0.3, -0.25) is 0 Å². The minimum atomic E-state index is -0.460. The number of hydrogen-bond donors (Lipinski definition) is 0. The molecule has 0 N–H and O–H groups in total. The van der Waals surface area contributed by atoms with Crippen LogP contribution in [0.1, 0.15) is 33.4 Å². The topological polar surface area (TPSA) is 45.7 Å². The second-order valence-electron chi connectivity index (χ2n) is 6.71. The minimum Gasteiger partial charge on any atom is -0.444 e. The maximum Gasteiger partial charge on any atom is 0.410 e. The first kappa shape index (κ1) is 17.1. The van der Waals surface area contributed by atoms with Crippen LogP contribution in [0.15, 0.2) is 16.6 Å². The maximum atomic E-state index is 12.2. The van der Waals surface area contributed by atoms with Crippen molar-refractivity contribution in [1.29, 1.82) is 0 Å². The molecule has 0 spiro atoms. The van der Waals surface area contributed by atoms with Gasteiger partial charge in [0, 0.05) is 30.1 Å². The number of hydrogen-bond acceptors (Lipinski definition) is 4. The van der Waals surface area contributed by atoms with Gasteiger partial charge in [0.05, 0.1) is 5.69 Å². The number of halogens is 1. The fourth-order valence-corrected chi connectivity index (χ4v) is 2.69. The molecular formula is C16H24BrN3O2. The summed E-state index contributed by atoms with van der Waals surface area (Å²) in [6.45, 7) is 11.9. The number of carbonyl (C=O) groups excluding carboxylic acids is 1. The number of pyridine rings is 1. The zero-order valence-electron chi connectivity index (χ0n) is 13.9. The highest BCUT2D eigenvalue weighted by Crippen LogP contribution is 2.22. The molecule has 1 saturated heterocycles. The average Bonchev–Trinajstić information content (AvgIpc) is 2.39. The highest BCUT2D eigenvalue weighted by molar-refractivity contribution is 9.10. The minimum absolute atomic E-state index is 0.0920. The number of carbonyl (C=O) groups is 1. The van der Waals surface area contributed by atoms with E-state index in [1.165, 1.54) is 0 Å². The lowest BCUT2D eigenvalue weighted by Crippen LogP contribution is -2.55. The van der Waals surface area contributed by atoms with Crippen molar-refractivity contribution in [3.8, 4) is 0 Å². The zero-order valence-corrected chi connectivity index (χ0v) is 15.5. The Hall–Kier alpha value is -1.30. The Kier molecular flexibility index (Phi) is 5.00. The van der Waals surface area contributed by atoms with Crippen molar-refractivity contribution in [1.82, 2.24) is 9.88 Å². The van der Waals surface area contributed by atoms with Crippen molar-refractivity contribution in [2.75, 3.05) is 24.5 Å². The predicted octanol–water partition coefficient (Wildman–Crippen LogP) is 3.60. The molecule has 2 rings (SSSR count). The average molecular weight is 370 g/mol. The number of ether oxygens (including phenoxy) is 1. The number of nitrogens with zero attached hydrogens (tertiary/aromatic N) is 3. The molecule has 2 heterocycles. The number of rotatable bonds is 1. The molecule has 5 nitrogen and oxygen atoms in total. The van der Waals surface area contributed by atoms with Gasteiger partial charge >= 0.3 is 6.09 Å². The molecule has 1 aliphatic rings. The van der Waals surface area contributed by atoms with E-state index in [-0.39, 0.29) is 12.1 Å². The van der Waals surface area contributed by atoms with Crippen molar-refractivity contribution in [2.24, 2.45) is 0 Å². The van der Waals surface area contributed by atoms with Gasteiger partial charge in [-0.15, -0.1) is 0 Å². The fourth-order valence-electron chi connectivity index (χ4n) is 2.46. The van der Waals surface area contributed by atoms with Gasteiger partial charge in [-0.05, 0) is 62.7 Å². The van der Waals surface area contributed by atoms with E-state index < -0.39 is 5.60 Å². The Morgan fingerprint density at radius 2 is 2.05 bits per heavy atom. The third-order valence-electron chi connectivity index (χ3n) is 3.59. The van der Waals surface area contributed by atoms with Crippen LogP contribution in [0.25, 0.3) is 0 Å². The monoisotopic (exact) mass is 369 g/mol. The van der Waals surface area contributed by atoms with E-state index >= 15 is 0 Å². The molecule has 1 aromatic heterocycles. The number of aromatic nitrogens is 1. The first-order valence-electron chi connectivity index (χ1n) is 7.55. The Labute approximate surface area is 140 Å². The number of aryl methyl sites for hydroxylation is 1. The van der Waals surface area contributed by atoms with Crippen LogP contribution in [-0.2, 0) is 4.74 Å². The van der Waals surface area contributed by atoms with Crippen molar-refractivity contribution in [3.63, 3.8) is 0 Å². The van der Waals surface area contributed by atoms with Gasteiger partial charge in [0.25, 0.3) is 0 Å². The molecular weight excluding hydrogens is 346 g/mol. The summed E-state index contributed by atoms with van der Waals surface area (Å²) < 4.78 is 6.48. The summed E-state index contributed by atoms with van der Waals surface area (Å²) in [4.78, 5) is 20.8. The summed E-state index contributed by atoms with van der Waals surface area (Å²) in [5.74, 6) is 0.955. The SMILES string of the molecule is Cc1nc(N2CCN(C(=O)OC(C)(C)C)C(C)C2)ccc1Br. The normalized spacial score (nSPS) is 19.3. The standard InChI is InChI=1S/C16H24BrN3O2/c1-11-10-19(14-7-6-13(17)12(2)18-14)8-9-20(11)15(21)22-16(3,4)5/h6-7,11H,8-10H2,1-5H3. The van der Waals surface area contributed by atoms with Crippen LogP contribution in [-0.4, -0.2) is 47.3 Å². The summed E-state index contributed by atoms with van der Waals surface area (Å²) in [6.07, 6.45) is -0.236. The first-order valence-corrected chi connectivity index (χ1v) is 8.34. The lowest BCUT2D eigenvalue weighted by Gasteiger charge is -2.40. The lowest BCUT2D eigenvalue weighted by molar-refractivity contribution is 0.0158. The van der Waals surface area contributed by atoms with E-state index in [0.717, 1.165) is 29.1 Å². The molecule has 0 aromatic carbocycles. The molecule has 1 aliphatic heterocycles. The van der Waals surface area contributed by atoms with Gasteiger partial charge in [0.15, 0.2) is 0 Å². The van der Waals surface area contributed by atoms with Crippen LogP contribution in [0.2, 0.25) is 0 Å². The van der Waals surface area contributed by atoms with Crippen LogP contribution in [0.3, 0.4) is 0 Å². The summed E-state index contributed by atoms with van der Waals surface area (Å²) in [5, 5.41) is 0. The molecule has 1 amide bonds. The Bertz CT molecular complexity index is 557. The van der Waals surface area contributed by atoms with Crippen molar-refractivity contribution in [2.45, 2.75) is 46.3 Å². The molecule has 6 heteroatoms. The van der Waals surface area contributed by atoms with Crippen LogP contribution in [0, 0.1) is 6.92 Å². The zero-order chi connectivity index (χ0) is 16.5. The number of piperazine rings is 1. The van der Waals surface area contributed by atoms with Crippen molar-refractivity contribution < 1.29 is 9.53 Å². The van der Waals surface area contributed by atoms with Crippen molar-refractivity contribution >= 4 is 27.8 Å². The first-order chi connectivity index (χ1) is 10.2. The molecule has 1 aromatic rings. The van der Waals surface area contributed by atoms with Crippen molar-refractivity contribution in [3.05, 3.63) is 22.3 Å². The van der Waals surface area contributed by atoms with Gasteiger partial charge < -0.3 is 14.5 Å². The molecule has 0 saturated carbocycles. The van der Waals surface area contributed by atoms with Gasteiger partial charge in [0.2, 0.25) is 0 Å². The lowest BCUT2D eigenvalue weighted by atomic mass is 10.2. The third kappa shape index (κ3) is 4.12. The second kappa shape index (κ2) is 6.44. The Balaban J connectivity index is 2.03. The summed E-state index contributed by atoms with van der Waals surface area (Å²) >= 11 is 3.47. The fraction of sp³-hybridized carbons (Fsp3) is 0.625. The van der Waals surface area contributed by atoms with Crippen LogP contribution in [0.5, 0.6) is 0 Å². The number of amides is 1. The molecule has 1 atom stereocenters. The largest absolute Gasteiger partial charge is 0.444 e. The van der Waals surface area contributed by atoms with Crippen LogP contribution >= 0.6 is 15.9 Å². The van der Waals surface area contributed by atoms with Gasteiger partial charge in [-0.2, -0.15) is 0 Å². The molecule has 0 bridgehead atoms. The summed E-state index contributed by atoms with van der Waals surface area (Å²) in [7, 11) is 0. The molecule has 1 fully saturated rings. The smallest absolute Gasteiger partial charge is 0.410 e. The summed E-state index contributed by atoms with van der Waals surface area (Å²) in [6, 6.07) is 4.12. The molecule has 22 heavy (non-hydrogen) atoms. The third-order valence-corrected chi connectivity index (χ3v) is 4.42. The van der Waals surface area contributed by atoms with Gasteiger partial charge in [-0.1, -0.05) is 0 Å². The highest BCUT2D eigenvalue weighted by atomic mass is 79.9. The van der Waals surface area contributed by atoms with Crippen LogP contribution < -0.4 is 4.90 Å². The molecule has 0 aliphatic carbocycles. The second-order valence-corrected chi connectivity index (χ2v) is 7.56. The van der Waals surface area contributed by atoms with E-state index in [2.05, 4.69) is 25.8 Å². The molecule has 122 valence electrons. The van der Waals surface area contributed by atoms with E-state index in [1.807, 2.05) is 46.8 Å². The quantitative estimate of drug-likeness (QED) is 0.758. The Morgan fingerprint density at radius 1 is 1.36 bits per heavy atom. The van der Waals surface area contributed by atoms with E-state index in [1.54, 1.807) is 4.90 Å². The maximum absolute atomic E-state index is 12.2. The predicted molar refractivity (Wildman–Crippen MR) is 91.3 cm³/mol. The van der Waals surface area contributed by atoms with E-state index in [0.29, 0.717) is 6.54 Å². The number of anilines is 1. The van der Waals surface area contributed by atoms with E-state index in [9.17, 15) is 4.79 Å². The highest BCUT2D eigenvalue weighted by Gasteiger charge is 2.31. The van der Waals surface area contributed by atoms with Gasteiger partial charge in [0.1, 0.15) is 11.4 Å².